The molecule has 2 heterocycles. The van der Waals surface area contributed by atoms with E-state index in [2.05, 4.69) is 15.7 Å². The van der Waals surface area contributed by atoms with E-state index in [4.69, 9.17) is 9.63 Å². The minimum absolute atomic E-state index is 0.0181. The quantitative estimate of drug-likeness (QED) is 0.848. The number of hydrogen-bond acceptors (Lipinski definition) is 5. The Morgan fingerprint density at radius 1 is 1.56 bits per heavy atom. The molecule has 1 fully saturated rings. The van der Waals surface area contributed by atoms with E-state index in [-0.39, 0.29) is 31.8 Å². The highest BCUT2D eigenvalue weighted by Crippen LogP contribution is 2.47. The molecule has 5 nitrogen and oxygen atoms in total. The van der Waals surface area contributed by atoms with E-state index < -0.39 is 17.5 Å². The standard InChI is InChI=1S/C10H14F3N3O2/c11-10(12,13)7-5-14-3-1-9(7,2-4-17)8-6-15-16-18-8/h6-7,14,17H,1-5H2. The molecule has 0 aliphatic carbocycles. The average molecular weight is 265 g/mol. The van der Waals surface area contributed by atoms with E-state index in [0.29, 0.717) is 6.54 Å². The Hall–Kier alpha value is -1.15. The Morgan fingerprint density at radius 3 is 2.89 bits per heavy atom. The predicted octanol–water partition coefficient (Wildman–Crippen LogP) is 0.862. The van der Waals surface area contributed by atoms with Crippen molar-refractivity contribution in [1.29, 1.82) is 0 Å². The van der Waals surface area contributed by atoms with Gasteiger partial charge in [0.2, 0.25) is 0 Å². The van der Waals surface area contributed by atoms with Gasteiger partial charge in [0.25, 0.3) is 0 Å². The summed E-state index contributed by atoms with van der Waals surface area (Å²) in [6.07, 6.45) is -2.94. The summed E-state index contributed by atoms with van der Waals surface area (Å²) in [5.41, 5.74) is -1.28. The zero-order valence-electron chi connectivity index (χ0n) is 9.57. The van der Waals surface area contributed by atoms with Crippen LogP contribution in [0.1, 0.15) is 18.6 Å². The van der Waals surface area contributed by atoms with Crippen LogP contribution in [0.15, 0.2) is 10.7 Å². The SMILES string of the molecule is OCCC1(c2cnno2)CCNCC1C(F)(F)F. The third-order valence-corrected chi connectivity index (χ3v) is 3.57. The van der Waals surface area contributed by atoms with Crippen LogP contribution in [-0.4, -0.2) is 41.3 Å². The molecule has 0 aromatic carbocycles. The van der Waals surface area contributed by atoms with Gasteiger partial charge in [0.15, 0.2) is 5.76 Å². The van der Waals surface area contributed by atoms with Gasteiger partial charge in [-0.15, -0.1) is 5.10 Å². The van der Waals surface area contributed by atoms with Gasteiger partial charge in [-0.2, -0.15) is 13.2 Å². The van der Waals surface area contributed by atoms with Crippen molar-refractivity contribution in [3.63, 3.8) is 0 Å². The molecule has 2 rings (SSSR count). The summed E-state index contributed by atoms with van der Waals surface area (Å²) in [7, 11) is 0. The molecule has 0 bridgehead atoms. The smallest absolute Gasteiger partial charge is 0.394 e. The maximum atomic E-state index is 13.1. The number of halogens is 3. The molecular formula is C10H14F3N3O2. The van der Waals surface area contributed by atoms with E-state index in [1.54, 1.807) is 0 Å². The van der Waals surface area contributed by atoms with Gasteiger partial charge in [-0.3, -0.25) is 0 Å². The van der Waals surface area contributed by atoms with Crippen molar-refractivity contribution in [1.82, 2.24) is 15.7 Å². The van der Waals surface area contributed by atoms with Gasteiger partial charge in [-0.25, -0.2) is 0 Å². The molecule has 0 amide bonds. The normalized spacial score (nSPS) is 29.4. The Bertz CT molecular complexity index is 378. The maximum Gasteiger partial charge on any atom is 0.394 e. The first kappa shape index (κ1) is 13.3. The molecule has 1 aromatic heterocycles. The van der Waals surface area contributed by atoms with Crippen LogP contribution in [-0.2, 0) is 5.41 Å². The second kappa shape index (κ2) is 4.85. The molecule has 0 saturated carbocycles. The first-order chi connectivity index (χ1) is 8.50. The summed E-state index contributed by atoms with van der Waals surface area (Å²) >= 11 is 0. The third-order valence-electron chi connectivity index (χ3n) is 3.57. The van der Waals surface area contributed by atoms with Crippen molar-refractivity contribution in [2.24, 2.45) is 5.92 Å². The lowest BCUT2D eigenvalue weighted by Gasteiger charge is -2.42. The first-order valence-corrected chi connectivity index (χ1v) is 5.67. The highest BCUT2D eigenvalue weighted by Gasteiger charge is 2.56. The van der Waals surface area contributed by atoms with Crippen molar-refractivity contribution in [3.8, 4) is 0 Å². The van der Waals surface area contributed by atoms with E-state index in [1.807, 2.05) is 0 Å². The summed E-state index contributed by atoms with van der Waals surface area (Å²) < 4.78 is 44.3. The van der Waals surface area contributed by atoms with Gasteiger partial charge in [0.05, 0.1) is 12.1 Å². The zero-order chi connectivity index (χ0) is 13.2. The van der Waals surface area contributed by atoms with Gasteiger partial charge in [0.1, 0.15) is 0 Å². The maximum absolute atomic E-state index is 13.1. The summed E-state index contributed by atoms with van der Waals surface area (Å²) in [5.74, 6) is -1.51. The number of piperidine rings is 1. The molecular weight excluding hydrogens is 251 g/mol. The molecule has 1 aromatic rings. The number of nitrogens with zero attached hydrogens (tertiary/aromatic N) is 2. The topological polar surface area (TPSA) is 71.2 Å². The minimum atomic E-state index is -4.37. The molecule has 2 unspecified atom stereocenters. The average Bonchev–Trinajstić information content (AvgIpc) is 2.82. The number of hydrogen-bond donors (Lipinski definition) is 2. The fourth-order valence-electron chi connectivity index (χ4n) is 2.66. The summed E-state index contributed by atoms with van der Waals surface area (Å²) in [4.78, 5) is 0. The Kier molecular flexibility index (Phi) is 3.58. The van der Waals surface area contributed by atoms with Gasteiger partial charge < -0.3 is 14.9 Å². The van der Waals surface area contributed by atoms with Gasteiger partial charge in [-0.1, -0.05) is 0 Å². The third kappa shape index (κ3) is 2.22. The van der Waals surface area contributed by atoms with E-state index in [0.717, 1.165) is 0 Å². The van der Waals surface area contributed by atoms with E-state index in [9.17, 15) is 13.2 Å². The van der Waals surface area contributed by atoms with Crippen molar-refractivity contribution in [2.45, 2.75) is 24.4 Å². The molecule has 8 heteroatoms. The van der Waals surface area contributed by atoms with Crippen molar-refractivity contribution in [2.75, 3.05) is 19.7 Å². The number of nitrogens with one attached hydrogen (secondary N) is 1. The number of alkyl halides is 3. The number of aromatic nitrogens is 2. The van der Waals surface area contributed by atoms with Crippen molar-refractivity contribution < 1.29 is 22.8 Å². The largest absolute Gasteiger partial charge is 0.396 e. The van der Waals surface area contributed by atoms with Crippen LogP contribution in [0.4, 0.5) is 13.2 Å². The lowest BCUT2D eigenvalue weighted by molar-refractivity contribution is -0.202. The Balaban J connectivity index is 2.42. The van der Waals surface area contributed by atoms with Crippen LogP contribution in [0.5, 0.6) is 0 Å². The molecule has 102 valence electrons. The number of aliphatic hydroxyl groups excluding tert-OH is 1. The number of aliphatic hydroxyl groups is 1. The number of rotatable bonds is 3. The lowest BCUT2D eigenvalue weighted by Crippen LogP contribution is -2.54. The van der Waals surface area contributed by atoms with Gasteiger partial charge in [-0.05, 0) is 19.4 Å². The van der Waals surface area contributed by atoms with Crippen molar-refractivity contribution >= 4 is 0 Å². The fraction of sp³-hybridized carbons (Fsp3) is 0.800. The van der Waals surface area contributed by atoms with Gasteiger partial charge >= 0.3 is 6.18 Å². The molecule has 1 saturated heterocycles. The van der Waals surface area contributed by atoms with Gasteiger partial charge in [0, 0.05) is 23.8 Å². The molecule has 0 radical (unpaired) electrons. The highest BCUT2D eigenvalue weighted by atomic mass is 19.4. The van der Waals surface area contributed by atoms with Crippen LogP contribution >= 0.6 is 0 Å². The summed E-state index contributed by atoms with van der Waals surface area (Å²) in [5, 5.41) is 18.5. The Morgan fingerprint density at radius 2 is 2.33 bits per heavy atom. The lowest BCUT2D eigenvalue weighted by atomic mass is 9.66. The molecule has 2 N–H and O–H groups in total. The zero-order valence-corrected chi connectivity index (χ0v) is 9.57. The Labute approximate surface area is 101 Å². The predicted molar refractivity (Wildman–Crippen MR) is 54.7 cm³/mol. The monoisotopic (exact) mass is 265 g/mol. The molecule has 2 atom stereocenters. The molecule has 1 aliphatic rings. The fourth-order valence-corrected chi connectivity index (χ4v) is 2.66. The molecule has 18 heavy (non-hydrogen) atoms. The summed E-state index contributed by atoms with van der Waals surface area (Å²) in [6.45, 7) is -0.0925. The second-order valence-corrected chi connectivity index (χ2v) is 4.46. The van der Waals surface area contributed by atoms with Crippen LogP contribution in [0.2, 0.25) is 0 Å². The molecule has 1 aliphatic heterocycles. The van der Waals surface area contributed by atoms with E-state index in [1.165, 1.54) is 6.20 Å². The van der Waals surface area contributed by atoms with E-state index >= 15 is 0 Å². The summed E-state index contributed by atoms with van der Waals surface area (Å²) in [6, 6.07) is 0. The highest BCUT2D eigenvalue weighted by molar-refractivity contribution is 5.16. The van der Waals surface area contributed by atoms with Crippen LogP contribution in [0, 0.1) is 5.92 Å². The van der Waals surface area contributed by atoms with Crippen LogP contribution in [0.3, 0.4) is 0 Å². The minimum Gasteiger partial charge on any atom is -0.396 e. The van der Waals surface area contributed by atoms with Crippen molar-refractivity contribution in [3.05, 3.63) is 12.0 Å². The van der Waals surface area contributed by atoms with Crippen LogP contribution < -0.4 is 5.32 Å². The second-order valence-electron chi connectivity index (χ2n) is 4.46. The molecule has 0 spiro atoms. The van der Waals surface area contributed by atoms with Crippen LogP contribution in [0.25, 0.3) is 0 Å². The first-order valence-electron chi connectivity index (χ1n) is 5.67.